The van der Waals surface area contributed by atoms with Crippen LogP contribution in [0.3, 0.4) is 0 Å². The van der Waals surface area contributed by atoms with Gasteiger partial charge in [-0.25, -0.2) is 0 Å². The van der Waals surface area contributed by atoms with Crippen molar-refractivity contribution in [3.8, 4) is 0 Å². The van der Waals surface area contributed by atoms with E-state index in [1.165, 1.54) is 34.2 Å². The van der Waals surface area contributed by atoms with Crippen molar-refractivity contribution in [3.63, 3.8) is 0 Å². The molecule has 2 aromatic rings. The summed E-state index contributed by atoms with van der Waals surface area (Å²) in [6.45, 7) is 2.31. The van der Waals surface area contributed by atoms with Crippen LogP contribution in [-0.4, -0.2) is 17.5 Å². The first-order valence-corrected chi connectivity index (χ1v) is 9.15. The molecule has 1 saturated carbocycles. The van der Waals surface area contributed by atoms with Gasteiger partial charge in [0.2, 0.25) is 0 Å². The number of fused-ring (bicyclic) bond motifs is 1. The summed E-state index contributed by atoms with van der Waals surface area (Å²) in [7, 11) is 0. The third-order valence-corrected chi connectivity index (χ3v) is 6.56. The van der Waals surface area contributed by atoms with Crippen LogP contribution in [0.2, 0.25) is 0 Å². The minimum absolute atomic E-state index is 0.468. The molecule has 3 atom stereocenters. The Hall–Kier alpha value is -0.510. The van der Waals surface area contributed by atoms with Gasteiger partial charge in [-0.05, 0) is 43.5 Å². The van der Waals surface area contributed by atoms with Crippen molar-refractivity contribution < 1.29 is 0 Å². The van der Waals surface area contributed by atoms with Crippen molar-refractivity contribution in [1.82, 2.24) is 5.32 Å². The highest BCUT2D eigenvalue weighted by Gasteiger charge is 2.27. The maximum atomic E-state index is 3.85. The zero-order chi connectivity index (χ0) is 13.2. The smallest absolute Gasteiger partial charge is 0.0389 e. The fraction of sp³-hybridized carbons (Fsp3) is 0.500. The first-order chi connectivity index (χ1) is 9.28. The van der Waals surface area contributed by atoms with Crippen LogP contribution in [0.1, 0.15) is 37.1 Å². The third-order valence-electron chi connectivity index (χ3n) is 4.09. The summed E-state index contributed by atoms with van der Waals surface area (Å²) in [5.41, 5.74) is 0. The number of benzene rings is 1. The standard InChI is InChI=1S/C16H21NS2/c1-11(17-13-7-5-9-15(13)18-2)16-10-12-6-3-4-8-14(12)19-16/h3-4,6,8,10-11,13,15,17H,5,7,9H2,1-2H3. The molecule has 1 heterocycles. The molecule has 1 nitrogen and oxygen atoms in total. The molecule has 0 amide bonds. The fourth-order valence-electron chi connectivity index (χ4n) is 3.02. The third kappa shape index (κ3) is 2.83. The molecular weight excluding hydrogens is 270 g/mol. The summed E-state index contributed by atoms with van der Waals surface area (Å²) in [4.78, 5) is 1.47. The van der Waals surface area contributed by atoms with E-state index < -0.39 is 0 Å². The minimum atomic E-state index is 0.468. The van der Waals surface area contributed by atoms with Crippen molar-refractivity contribution in [2.45, 2.75) is 43.5 Å². The van der Waals surface area contributed by atoms with E-state index in [2.05, 4.69) is 48.8 Å². The Bertz CT molecular complexity index is 515. The lowest BCUT2D eigenvalue weighted by Crippen LogP contribution is -2.35. The maximum absolute atomic E-state index is 3.85. The van der Waals surface area contributed by atoms with Crippen LogP contribution in [0.25, 0.3) is 10.1 Å². The summed E-state index contributed by atoms with van der Waals surface area (Å²) < 4.78 is 1.40. The molecule has 0 saturated heterocycles. The molecule has 102 valence electrons. The van der Waals surface area contributed by atoms with Crippen LogP contribution in [0.15, 0.2) is 30.3 Å². The second-order valence-electron chi connectivity index (χ2n) is 5.39. The zero-order valence-corrected chi connectivity index (χ0v) is 13.2. The topological polar surface area (TPSA) is 12.0 Å². The number of hydrogen-bond donors (Lipinski definition) is 1. The first-order valence-electron chi connectivity index (χ1n) is 7.05. The Morgan fingerprint density at radius 1 is 1.32 bits per heavy atom. The average molecular weight is 291 g/mol. The second-order valence-corrected chi connectivity index (χ2v) is 7.58. The minimum Gasteiger partial charge on any atom is -0.306 e. The van der Waals surface area contributed by atoms with Crippen LogP contribution in [0.5, 0.6) is 0 Å². The molecule has 0 spiro atoms. The Morgan fingerprint density at radius 2 is 2.16 bits per heavy atom. The van der Waals surface area contributed by atoms with E-state index in [9.17, 15) is 0 Å². The molecule has 3 unspecified atom stereocenters. The van der Waals surface area contributed by atoms with Gasteiger partial charge in [-0.1, -0.05) is 24.6 Å². The molecule has 1 aromatic heterocycles. The summed E-state index contributed by atoms with van der Waals surface area (Å²) >= 11 is 3.95. The van der Waals surface area contributed by atoms with Gasteiger partial charge in [-0.2, -0.15) is 11.8 Å². The van der Waals surface area contributed by atoms with Crippen LogP contribution in [0.4, 0.5) is 0 Å². The zero-order valence-electron chi connectivity index (χ0n) is 11.6. The monoisotopic (exact) mass is 291 g/mol. The van der Waals surface area contributed by atoms with Crippen LogP contribution in [0, 0.1) is 0 Å². The van der Waals surface area contributed by atoms with E-state index in [-0.39, 0.29) is 0 Å². The van der Waals surface area contributed by atoms with Gasteiger partial charge < -0.3 is 5.32 Å². The van der Waals surface area contributed by atoms with Gasteiger partial charge in [0.05, 0.1) is 0 Å². The quantitative estimate of drug-likeness (QED) is 0.865. The van der Waals surface area contributed by atoms with Crippen molar-refractivity contribution in [2.75, 3.05) is 6.26 Å². The van der Waals surface area contributed by atoms with Gasteiger partial charge in [-0.3, -0.25) is 0 Å². The molecule has 0 bridgehead atoms. The second kappa shape index (κ2) is 5.86. The highest BCUT2D eigenvalue weighted by atomic mass is 32.2. The van der Waals surface area contributed by atoms with Crippen LogP contribution < -0.4 is 5.32 Å². The lowest BCUT2D eigenvalue weighted by Gasteiger charge is -2.23. The molecule has 3 rings (SSSR count). The number of hydrogen-bond acceptors (Lipinski definition) is 3. The Balaban J connectivity index is 1.74. The van der Waals surface area contributed by atoms with E-state index in [0.717, 1.165) is 5.25 Å². The van der Waals surface area contributed by atoms with Gasteiger partial charge in [-0.15, -0.1) is 11.3 Å². The van der Waals surface area contributed by atoms with Crippen molar-refractivity contribution in [1.29, 1.82) is 0 Å². The molecular formula is C16H21NS2. The lowest BCUT2D eigenvalue weighted by molar-refractivity contribution is 0.472. The number of thiophene rings is 1. The van der Waals surface area contributed by atoms with E-state index in [1.807, 2.05) is 23.1 Å². The molecule has 1 N–H and O–H groups in total. The van der Waals surface area contributed by atoms with Gasteiger partial charge >= 0.3 is 0 Å². The molecule has 0 aliphatic heterocycles. The number of nitrogens with one attached hydrogen (secondary N) is 1. The predicted octanol–water partition coefficient (Wildman–Crippen LogP) is 4.84. The van der Waals surface area contributed by atoms with E-state index >= 15 is 0 Å². The highest BCUT2D eigenvalue weighted by molar-refractivity contribution is 7.99. The molecule has 19 heavy (non-hydrogen) atoms. The average Bonchev–Trinajstić information content (AvgIpc) is 3.03. The maximum Gasteiger partial charge on any atom is 0.0389 e. The molecule has 1 fully saturated rings. The highest BCUT2D eigenvalue weighted by Crippen LogP contribution is 2.33. The summed E-state index contributed by atoms with van der Waals surface area (Å²) in [5.74, 6) is 0. The van der Waals surface area contributed by atoms with Gasteiger partial charge in [0.25, 0.3) is 0 Å². The van der Waals surface area contributed by atoms with Crippen molar-refractivity contribution in [3.05, 3.63) is 35.2 Å². The number of thioether (sulfide) groups is 1. The van der Waals surface area contributed by atoms with E-state index in [4.69, 9.17) is 0 Å². The summed E-state index contributed by atoms with van der Waals surface area (Å²) in [5, 5.41) is 6.03. The molecule has 3 heteroatoms. The number of rotatable bonds is 4. The van der Waals surface area contributed by atoms with Crippen molar-refractivity contribution >= 4 is 33.2 Å². The predicted molar refractivity (Wildman–Crippen MR) is 88.3 cm³/mol. The lowest BCUT2D eigenvalue weighted by atomic mass is 10.1. The Kier molecular flexibility index (Phi) is 4.15. The van der Waals surface area contributed by atoms with Gasteiger partial charge in [0.15, 0.2) is 0 Å². The molecule has 1 aromatic carbocycles. The fourth-order valence-corrected chi connectivity index (χ4v) is 5.04. The Labute approximate surface area is 123 Å². The van der Waals surface area contributed by atoms with Crippen LogP contribution in [-0.2, 0) is 0 Å². The van der Waals surface area contributed by atoms with E-state index in [0.29, 0.717) is 12.1 Å². The van der Waals surface area contributed by atoms with Gasteiger partial charge in [0, 0.05) is 26.9 Å². The largest absolute Gasteiger partial charge is 0.306 e. The summed E-state index contributed by atoms with van der Waals surface area (Å²) in [6.07, 6.45) is 6.33. The van der Waals surface area contributed by atoms with Crippen LogP contribution >= 0.6 is 23.1 Å². The normalized spacial score (nSPS) is 24.9. The first kappa shape index (κ1) is 13.5. The SMILES string of the molecule is CSC1CCCC1NC(C)c1cc2ccccc2s1. The van der Waals surface area contributed by atoms with Gasteiger partial charge in [0.1, 0.15) is 0 Å². The van der Waals surface area contributed by atoms with E-state index in [1.54, 1.807) is 0 Å². The Morgan fingerprint density at radius 3 is 2.95 bits per heavy atom. The molecule has 1 aliphatic carbocycles. The molecule has 0 radical (unpaired) electrons. The summed E-state index contributed by atoms with van der Waals surface area (Å²) in [6, 6.07) is 12.2. The van der Waals surface area contributed by atoms with Crippen molar-refractivity contribution in [2.24, 2.45) is 0 Å². The molecule has 1 aliphatic rings.